The molecule has 0 unspecified atom stereocenters. The van der Waals surface area contributed by atoms with Crippen LogP contribution >= 0.6 is 11.3 Å². The largest absolute Gasteiger partial charge is 0.296 e. The minimum atomic E-state index is -0.475. The molecule has 0 fully saturated rings. The molecule has 1 N–H and O–H groups in total. The molecule has 0 atom stereocenters. The summed E-state index contributed by atoms with van der Waals surface area (Å²) in [4.78, 5) is 12.2. The standard InChI is InChI=1S/C18H20N4OS/c1-11(2)14-7-5-13(6-8-14)9-15(10-19)16(23)20-18-22-21-17(24-18)12(3)4/h5-9,11-12H,1-4H3,(H,20,22,23)/b15-9+. The van der Waals surface area contributed by atoms with Gasteiger partial charge in [0.15, 0.2) is 0 Å². The van der Waals surface area contributed by atoms with Crippen molar-refractivity contribution in [1.29, 1.82) is 5.26 Å². The fourth-order valence-electron chi connectivity index (χ4n) is 1.98. The molecule has 2 aromatic rings. The summed E-state index contributed by atoms with van der Waals surface area (Å²) in [6, 6.07) is 9.76. The maximum absolute atomic E-state index is 12.2. The Labute approximate surface area is 146 Å². The number of rotatable bonds is 5. The summed E-state index contributed by atoms with van der Waals surface area (Å²) < 4.78 is 0. The van der Waals surface area contributed by atoms with E-state index in [0.29, 0.717) is 11.0 Å². The predicted molar refractivity (Wildman–Crippen MR) is 96.7 cm³/mol. The van der Waals surface area contributed by atoms with E-state index in [-0.39, 0.29) is 11.5 Å². The molecule has 0 aliphatic carbocycles. The smallest absolute Gasteiger partial charge is 0.268 e. The highest BCUT2D eigenvalue weighted by atomic mass is 32.1. The van der Waals surface area contributed by atoms with Gasteiger partial charge in [-0.1, -0.05) is 63.3 Å². The quantitative estimate of drug-likeness (QED) is 0.649. The highest BCUT2D eigenvalue weighted by molar-refractivity contribution is 7.15. The van der Waals surface area contributed by atoms with Crippen LogP contribution in [0.1, 0.15) is 55.7 Å². The van der Waals surface area contributed by atoms with Gasteiger partial charge in [0.1, 0.15) is 16.6 Å². The molecule has 1 aromatic carbocycles. The minimum absolute atomic E-state index is 0.0357. The van der Waals surface area contributed by atoms with Crippen molar-refractivity contribution in [3.8, 4) is 6.07 Å². The number of anilines is 1. The molecular formula is C18H20N4OS. The third-order valence-electron chi connectivity index (χ3n) is 3.43. The van der Waals surface area contributed by atoms with Gasteiger partial charge in [-0.25, -0.2) is 0 Å². The van der Waals surface area contributed by atoms with E-state index in [9.17, 15) is 10.1 Å². The Balaban J connectivity index is 2.14. The molecule has 0 bridgehead atoms. The number of carbonyl (C=O) groups is 1. The van der Waals surface area contributed by atoms with Crippen LogP contribution in [0.5, 0.6) is 0 Å². The molecule has 1 aromatic heterocycles. The first-order valence-corrected chi connectivity index (χ1v) is 8.59. The SMILES string of the molecule is CC(C)c1ccc(/C=C(\C#N)C(=O)Nc2nnc(C(C)C)s2)cc1. The number of nitriles is 1. The average Bonchev–Trinajstić information content (AvgIpc) is 3.01. The third kappa shape index (κ3) is 4.49. The fourth-order valence-corrected chi connectivity index (χ4v) is 2.72. The van der Waals surface area contributed by atoms with Gasteiger partial charge in [-0.05, 0) is 23.1 Å². The summed E-state index contributed by atoms with van der Waals surface area (Å²) in [5.41, 5.74) is 2.06. The molecule has 0 aliphatic heterocycles. The van der Waals surface area contributed by atoms with Crippen molar-refractivity contribution in [3.63, 3.8) is 0 Å². The zero-order valence-electron chi connectivity index (χ0n) is 14.2. The van der Waals surface area contributed by atoms with Crippen LogP contribution in [0.15, 0.2) is 29.8 Å². The lowest BCUT2D eigenvalue weighted by Crippen LogP contribution is -2.13. The van der Waals surface area contributed by atoms with E-state index in [4.69, 9.17) is 0 Å². The van der Waals surface area contributed by atoms with Crippen molar-refractivity contribution in [2.24, 2.45) is 0 Å². The number of amides is 1. The summed E-state index contributed by atoms with van der Waals surface area (Å²) in [5.74, 6) is 0.213. The molecule has 2 rings (SSSR count). The van der Waals surface area contributed by atoms with E-state index in [2.05, 4.69) is 29.4 Å². The maximum atomic E-state index is 12.2. The number of hydrogen-bond donors (Lipinski definition) is 1. The first-order chi connectivity index (χ1) is 11.4. The van der Waals surface area contributed by atoms with Gasteiger partial charge in [0.05, 0.1) is 0 Å². The summed E-state index contributed by atoms with van der Waals surface area (Å²) >= 11 is 1.32. The molecule has 0 radical (unpaired) electrons. The third-order valence-corrected chi connectivity index (χ3v) is 4.57. The van der Waals surface area contributed by atoms with Crippen LogP contribution < -0.4 is 5.32 Å². The molecule has 1 heterocycles. The van der Waals surface area contributed by atoms with Crippen LogP contribution in [0.25, 0.3) is 6.08 Å². The first-order valence-electron chi connectivity index (χ1n) is 7.77. The van der Waals surface area contributed by atoms with Crippen LogP contribution in [-0.2, 0) is 4.79 Å². The lowest BCUT2D eigenvalue weighted by atomic mass is 10.0. The van der Waals surface area contributed by atoms with Crippen molar-refractivity contribution in [2.45, 2.75) is 39.5 Å². The van der Waals surface area contributed by atoms with E-state index in [1.54, 1.807) is 6.08 Å². The fraction of sp³-hybridized carbons (Fsp3) is 0.333. The zero-order chi connectivity index (χ0) is 17.7. The Hall–Kier alpha value is -2.52. The van der Waals surface area contributed by atoms with Gasteiger partial charge in [-0.2, -0.15) is 5.26 Å². The highest BCUT2D eigenvalue weighted by Crippen LogP contribution is 2.23. The Bertz CT molecular complexity index is 782. The molecule has 0 saturated carbocycles. The number of hydrogen-bond acceptors (Lipinski definition) is 5. The monoisotopic (exact) mass is 340 g/mol. The van der Waals surface area contributed by atoms with Crippen LogP contribution in [0, 0.1) is 11.3 Å². The zero-order valence-corrected chi connectivity index (χ0v) is 15.0. The number of nitrogens with one attached hydrogen (secondary N) is 1. The Morgan fingerprint density at radius 1 is 1.17 bits per heavy atom. The molecule has 1 amide bonds. The van der Waals surface area contributed by atoms with Gasteiger partial charge in [0.25, 0.3) is 5.91 Å². The van der Waals surface area contributed by atoms with Crippen molar-refractivity contribution in [2.75, 3.05) is 5.32 Å². The summed E-state index contributed by atoms with van der Waals surface area (Å²) in [5, 5.41) is 21.1. The number of benzene rings is 1. The molecule has 0 aliphatic rings. The Morgan fingerprint density at radius 2 is 1.83 bits per heavy atom. The Kier molecular flexibility index (Phi) is 5.83. The second-order valence-corrected chi connectivity index (χ2v) is 7.05. The maximum Gasteiger partial charge on any atom is 0.268 e. The van der Waals surface area contributed by atoms with Crippen LogP contribution in [0.4, 0.5) is 5.13 Å². The van der Waals surface area contributed by atoms with Gasteiger partial charge in [-0.15, -0.1) is 10.2 Å². The Morgan fingerprint density at radius 3 is 2.33 bits per heavy atom. The van der Waals surface area contributed by atoms with Gasteiger partial charge in [0.2, 0.25) is 5.13 Å². The molecule has 124 valence electrons. The lowest BCUT2D eigenvalue weighted by Gasteiger charge is -2.05. The first kappa shape index (κ1) is 17.8. The van der Waals surface area contributed by atoms with Crippen LogP contribution in [0.2, 0.25) is 0 Å². The van der Waals surface area contributed by atoms with E-state index in [1.165, 1.54) is 16.9 Å². The van der Waals surface area contributed by atoms with Gasteiger partial charge in [-0.3, -0.25) is 10.1 Å². The van der Waals surface area contributed by atoms with Gasteiger partial charge >= 0.3 is 0 Å². The van der Waals surface area contributed by atoms with E-state index in [1.807, 2.05) is 44.2 Å². The summed E-state index contributed by atoms with van der Waals surface area (Å²) in [7, 11) is 0. The van der Waals surface area contributed by atoms with E-state index in [0.717, 1.165) is 10.6 Å². The second-order valence-electron chi connectivity index (χ2n) is 6.05. The lowest BCUT2D eigenvalue weighted by molar-refractivity contribution is -0.112. The van der Waals surface area contributed by atoms with Gasteiger partial charge < -0.3 is 0 Å². The molecule has 0 spiro atoms. The van der Waals surface area contributed by atoms with E-state index >= 15 is 0 Å². The van der Waals surface area contributed by atoms with Crippen LogP contribution in [0.3, 0.4) is 0 Å². The minimum Gasteiger partial charge on any atom is -0.296 e. The van der Waals surface area contributed by atoms with Gasteiger partial charge in [0, 0.05) is 5.92 Å². The molecule has 5 nitrogen and oxygen atoms in total. The average molecular weight is 340 g/mol. The highest BCUT2D eigenvalue weighted by Gasteiger charge is 2.14. The van der Waals surface area contributed by atoms with Crippen LogP contribution in [-0.4, -0.2) is 16.1 Å². The molecular weight excluding hydrogens is 320 g/mol. The number of aromatic nitrogens is 2. The predicted octanol–water partition coefficient (Wildman–Crippen LogP) is 4.33. The van der Waals surface area contributed by atoms with Crippen molar-refractivity contribution < 1.29 is 4.79 Å². The topological polar surface area (TPSA) is 78.7 Å². The van der Waals surface area contributed by atoms with Crippen molar-refractivity contribution in [3.05, 3.63) is 46.0 Å². The number of nitrogens with zero attached hydrogens (tertiary/aromatic N) is 3. The van der Waals surface area contributed by atoms with Crippen molar-refractivity contribution >= 4 is 28.5 Å². The summed E-state index contributed by atoms with van der Waals surface area (Å²) in [6.45, 7) is 8.25. The van der Waals surface area contributed by atoms with Crippen molar-refractivity contribution in [1.82, 2.24) is 10.2 Å². The molecule has 24 heavy (non-hydrogen) atoms. The second kappa shape index (κ2) is 7.84. The normalized spacial score (nSPS) is 11.6. The molecule has 0 saturated heterocycles. The number of carbonyl (C=O) groups excluding carboxylic acids is 1. The summed E-state index contributed by atoms with van der Waals surface area (Å²) in [6.07, 6.45) is 1.57. The van der Waals surface area contributed by atoms with E-state index < -0.39 is 5.91 Å². The molecule has 6 heteroatoms.